The van der Waals surface area contributed by atoms with Crippen molar-refractivity contribution < 1.29 is 4.79 Å². The maximum atomic E-state index is 11.8. The average Bonchev–Trinajstić information content (AvgIpc) is 2.92. The molecule has 4 nitrogen and oxygen atoms in total. The molecule has 92 valence electrons. The number of hydrogen-bond donors (Lipinski definition) is 0. The van der Waals surface area contributed by atoms with Crippen LogP contribution in [0.2, 0.25) is 0 Å². The Balaban J connectivity index is 1.80. The van der Waals surface area contributed by atoms with Crippen molar-refractivity contribution in [3.8, 4) is 10.7 Å². The lowest BCUT2D eigenvalue weighted by molar-refractivity contribution is 0.0968. The quantitative estimate of drug-likeness (QED) is 0.833. The van der Waals surface area contributed by atoms with Crippen molar-refractivity contribution in [2.24, 2.45) is 0 Å². The molecule has 2 heterocycles. The van der Waals surface area contributed by atoms with Crippen LogP contribution in [0.25, 0.3) is 10.7 Å². The number of thiazole rings is 1. The van der Waals surface area contributed by atoms with E-state index in [4.69, 9.17) is 0 Å². The van der Waals surface area contributed by atoms with Gasteiger partial charge in [0.05, 0.1) is 18.2 Å². The minimum atomic E-state index is 0.205. The predicted molar refractivity (Wildman–Crippen MR) is 68.9 cm³/mol. The number of fused-ring (bicyclic) bond motifs is 1. The summed E-state index contributed by atoms with van der Waals surface area (Å²) < 4.78 is 2.20. The summed E-state index contributed by atoms with van der Waals surface area (Å²) in [6.07, 6.45) is 8.83. The van der Waals surface area contributed by atoms with Crippen LogP contribution in [0.5, 0.6) is 0 Å². The van der Waals surface area contributed by atoms with Crippen molar-refractivity contribution in [3.63, 3.8) is 0 Å². The fourth-order valence-corrected chi connectivity index (χ4v) is 3.63. The first-order chi connectivity index (χ1) is 8.83. The summed E-state index contributed by atoms with van der Waals surface area (Å²) in [5.41, 5.74) is 1.79. The van der Waals surface area contributed by atoms with Gasteiger partial charge in [0.1, 0.15) is 10.7 Å². The van der Waals surface area contributed by atoms with Crippen LogP contribution in [0.3, 0.4) is 0 Å². The van der Waals surface area contributed by atoms with Crippen LogP contribution in [0.15, 0.2) is 12.5 Å². The van der Waals surface area contributed by atoms with Gasteiger partial charge in [0.2, 0.25) is 0 Å². The van der Waals surface area contributed by atoms with E-state index in [1.165, 1.54) is 12.8 Å². The van der Waals surface area contributed by atoms with Gasteiger partial charge in [0.15, 0.2) is 5.78 Å². The summed E-state index contributed by atoms with van der Waals surface area (Å²) in [5, 5.41) is 0.958. The maximum Gasteiger partial charge on any atom is 0.182 e. The van der Waals surface area contributed by atoms with E-state index >= 15 is 0 Å². The molecule has 1 fully saturated rings. The SMILES string of the molecule is O=C1CCCc2sc(-c3cncn3C3CC3)nc21. The second-order valence-corrected chi connectivity index (χ2v) is 6.07. The van der Waals surface area contributed by atoms with Gasteiger partial charge >= 0.3 is 0 Å². The van der Waals surface area contributed by atoms with Gasteiger partial charge in [-0.3, -0.25) is 4.79 Å². The molecular formula is C13H13N3OS. The molecule has 4 rings (SSSR count). The molecular weight excluding hydrogens is 246 g/mol. The number of rotatable bonds is 2. The van der Waals surface area contributed by atoms with Crippen LogP contribution < -0.4 is 0 Å². The highest BCUT2D eigenvalue weighted by Crippen LogP contribution is 2.40. The van der Waals surface area contributed by atoms with E-state index in [2.05, 4.69) is 14.5 Å². The van der Waals surface area contributed by atoms with E-state index < -0.39 is 0 Å². The second kappa shape index (κ2) is 3.75. The zero-order valence-corrected chi connectivity index (χ0v) is 10.7. The topological polar surface area (TPSA) is 47.8 Å². The van der Waals surface area contributed by atoms with Crippen LogP contribution in [-0.2, 0) is 6.42 Å². The number of carbonyl (C=O) groups is 1. The van der Waals surface area contributed by atoms with Crippen molar-refractivity contribution in [2.75, 3.05) is 0 Å². The Morgan fingerprint density at radius 1 is 1.33 bits per heavy atom. The van der Waals surface area contributed by atoms with Crippen LogP contribution in [0.1, 0.15) is 47.1 Å². The highest BCUT2D eigenvalue weighted by atomic mass is 32.1. The number of carbonyl (C=O) groups excluding carboxylic acids is 1. The Kier molecular flexibility index (Phi) is 2.17. The third-order valence-electron chi connectivity index (χ3n) is 3.59. The lowest BCUT2D eigenvalue weighted by atomic mass is 10.0. The summed E-state index contributed by atoms with van der Waals surface area (Å²) in [7, 11) is 0. The largest absolute Gasteiger partial charge is 0.326 e. The van der Waals surface area contributed by atoms with Gasteiger partial charge < -0.3 is 4.57 Å². The molecule has 5 heteroatoms. The minimum absolute atomic E-state index is 0.205. The Morgan fingerprint density at radius 3 is 3.00 bits per heavy atom. The predicted octanol–water partition coefficient (Wildman–Crippen LogP) is 2.86. The Morgan fingerprint density at radius 2 is 2.22 bits per heavy atom. The Bertz CT molecular complexity index is 624. The maximum absolute atomic E-state index is 11.8. The number of imidazole rings is 1. The van der Waals surface area contributed by atoms with Gasteiger partial charge in [-0.1, -0.05) is 0 Å². The van der Waals surface area contributed by atoms with Crippen LogP contribution >= 0.6 is 11.3 Å². The normalized spacial score (nSPS) is 19.0. The van der Waals surface area contributed by atoms with E-state index in [-0.39, 0.29) is 5.78 Å². The van der Waals surface area contributed by atoms with Crippen molar-refractivity contribution in [3.05, 3.63) is 23.1 Å². The summed E-state index contributed by atoms with van der Waals surface area (Å²) in [5.74, 6) is 0.205. The van der Waals surface area contributed by atoms with Gasteiger partial charge in [-0.25, -0.2) is 9.97 Å². The molecule has 0 amide bonds. The molecule has 0 unspecified atom stereocenters. The zero-order valence-electron chi connectivity index (χ0n) is 9.93. The summed E-state index contributed by atoms with van der Waals surface area (Å²) in [6, 6.07) is 0.596. The molecule has 0 atom stereocenters. The molecule has 1 saturated carbocycles. The molecule has 0 saturated heterocycles. The van der Waals surface area contributed by atoms with Gasteiger partial charge in [-0.15, -0.1) is 11.3 Å². The van der Waals surface area contributed by atoms with Crippen molar-refractivity contribution >= 4 is 17.1 Å². The first-order valence-corrected chi connectivity index (χ1v) is 7.19. The monoisotopic (exact) mass is 259 g/mol. The molecule has 0 aliphatic heterocycles. The summed E-state index contributed by atoms with van der Waals surface area (Å²) in [4.78, 5) is 21.8. The number of hydrogen-bond acceptors (Lipinski definition) is 4. The van der Waals surface area contributed by atoms with Crippen molar-refractivity contribution in [1.29, 1.82) is 0 Å². The number of nitrogens with zero attached hydrogens (tertiary/aromatic N) is 3. The number of aromatic nitrogens is 3. The van der Waals surface area contributed by atoms with Gasteiger partial charge in [0, 0.05) is 17.3 Å². The van der Waals surface area contributed by atoms with Gasteiger partial charge in [-0.2, -0.15) is 0 Å². The van der Waals surface area contributed by atoms with Crippen LogP contribution in [-0.4, -0.2) is 20.3 Å². The molecule has 0 radical (unpaired) electrons. The molecule has 0 aromatic carbocycles. The lowest BCUT2D eigenvalue weighted by Gasteiger charge is -2.06. The Hall–Kier alpha value is -1.49. The number of Topliss-reactive ketones (excluding diaryl/α,β-unsaturated/α-hetero) is 1. The first kappa shape index (κ1) is 10.4. The summed E-state index contributed by atoms with van der Waals surface area (Å²) >= 11 is 1.66. The molecule has 0 bridgehead atoms. The third-order valence-corrected chi connectivity index (χ3v) is 4.73. The fourth-order valence-electron chi connectivity index (χ4n) is 2.49. The molecule has 18 heavy (non-hydrogen) atoms. The highest BCUT2D eigenvalue weighted by molar-refractivity contribution is 7.15. The molecule has 2 aromatic heterocycles. The molecule has 0 spiro atoms. The smallest absolute Gasteiger partial charge is 0.182 e. The van der Waals surface area contributed by atoms with Gasteiger partial charge in [-0.05, 0) is 25.7 Å². The van der Waals surface area contributed by atoms with Crippen LogP contribution in [0.4, 0.5) is 0 Å². The fraction of sp³-hybridized carbons (Fsp3) is 0.462. The van der Waals surface area contributed by atoms with Crippen molar-refractivity contribution in [2.45, 2.75) is 38.1 Å². The number of ketones is 1. The Labute approximate surface area is 109 Å². The van der Waals surface area contributed by atoms with E-state index in [9.17, 15) is 4.79 Å². The van der Waals surface area contributed by atoms with Crippen LogP contribution in [0, 0.1) is 0 Å². The summed E-state index contributed by atoms with van der Waals surface area (Å²) in [6.45, 7) is 0. The first-order valence-electron chi connectivity index (χ1n) is 6.38. The third kappa shape index (κ3) is 1.54. The average molecular weight is 259 g/mol. The number of aryl methyl sites for hydroxylation is 1. The van der Waals surface area contributed by atoms with E-state index in [0.717, 1.165) is 28.4 Å². The molecule has 2 aliphatic carbocycles. The molecule has 2 aliphatic rings. The highest BCUT2D eigenvalue weighted by Gasteiger charge is 2.28. The lowest BCUT2D eigenvalue weighted by Crippen LogP contribution is -2.08. The van der Waals surface area contributed by atoms with E-state index in [1.807, 2.05) is 12.5 Å². The minimum Gasteiger partial charge on any atom is -0.326 e. The van der Waals surface area contributed by atoms with Gasteiger partial charge in [0.25, 0.3) is 0 Å². The second-order valence-electron chi connectivity index (χ2n) is 4.98. The molecule has 0 N–H and O–H groups in total. The van der Waals surface area contributed by atoms with E-state index in [1.54, 1.807) is 11.3 Å². The standard InChI is InChI=1S/C13H13N3OS/c17-10-2-1-3-11-12(10)15-13(18-11)9-6-14-7-16(9)8-4-5-8/h6-8H,1-5H2. The van der Waals surface area contributed by atoms with E-state index in [0.29, 0.717) is 18.2 Å². The van der Waals surface area contributed by atoms with Crippen molar-refractivity contribution in [1.82, 2.24) is 14.5 Å². The molecule has 2 aromatic rings. The zero-order chi connectivity index (χ0) is 12.1.